The highest BCUT2D eigenvalue weighted by atomic mass is 79.9. The number of hydrogen-bond donors (Lipinski definition) is 1. The molecule has 2 rings (SSSR count). The first-order valence-corrected chi connectivity index (χ1v) is 7.50. The molecule has 1 aromatic rings. The fraction of sp³-hybridized carbons (Fsp3) is 0.600. The molecule has 18 heavy (non-hydrogen) atoms. The number of benzene rings is 1. The Morgan fingerprint density at radius 2 is 1.94 bits per heavy atom. The lowest BCUT2D eigenvalue weighted by Crippen LogP contribution is -2.26. The maximum absolute atomic E-state index is 5.60. The van der Waals surface area contributed by atoms with Crippen LogP contribution in [0, 0.1) is 0 Å². The summed E-state index contributed by atoms with van der Waals surface area (Å²) < 4.78 is 6.82. The summed E-state index contributed by atoms with van der Waals surface area (Å²) in [6.45, 7) is 6.64. The van der Waals surface area contributed by atoms with Crippen LogP contribution in [-0.2, 0) is 0 Å². The number of halogens is 1. The number of nitrogens with one attached hydrogen (secondary N) is 1. The molecule has 1 aromatic carbocycles. The van der Waals surface area contributed by atoms with Crippen molar-refractivity contribution in [3.8, 4) is 5.75 Å². The van der Waals surface area contributed by atoms with Gasteiger partial charge < -0.3 is 10.1 Å². The molecule has 0 aliphatic carbocycles. The summed E-state index contributed by atoms with van der Waals surface area (Å²) >= 11 is 3.71. The Hall–Kier alpha value is -0.540. The van der Waals surface area contributed by atoms with Crippen LogP contribution in [0.15, 0.2) is 16.6 Å². The van der Waals surface area contributed by atoms with Crippen molar-refractivity contribution in [1.82, 2.24) is 5.32 Å². The van der Waals surface area contributed by atoms with E-state index in [0.29, 0.717) is 11.8 Å². The monoisotopic (exact) mass is 311 g/mol. The third kappa shape index (κ3) is 2.89. The van der Waals surface area contributed by atoms with E-state index >= 15 is 0 Å². The van der Waals surface area contributed by atoms with Crippen molar-refractivity contribution < 1.29 is 4.74 Å². The third-order valence-corrected chi connectivity index (χ3v) is 4.44. The minimum atomic E-state index is 0.510. The van der Waals surface area contributed by atoms with Gasteiger partial charge in [-0.15, -0.1) is 0 Å². The zero-order valence-corrected chi connectivity index (χ0v) is 13.0. The molecule has 0 aromatic heterocycles. The van der Waals surface area contributed by atoms with Crippen LogP contribution in [-0.4, -0.2) is 20.2 Å². The summed E-state index contributed by atoms with van der Waals surface area (Å²) in [6.07, 6.45) is 2.40. The second-order valence-electron chi connectivity index (χ2n) is 5.29. The molecule has 100 valence electrons. The van der Waals surface area contributed by atoms with E-state index < -0.39 is 0 Å². The van der Waals surface area contributed by atoms with Crippen molar-refractivity contribution >= 4 is 15.9 Å². The molecular formula is C15H22BrNO. The molecule has 1 N–H and O–H groups in total. The predicted octanol–water partition coefficient (Wildman–Crippen LogP) is 4.05. The Labute approximate surface area is 118 Å². The maximum Gasteiger partial charge on any atom is 0.122 e. The smallest absolute Gasteiger partial charge is 0.122 e. The van der Waals surface area contributed by atoms with Gasteiger partial charge in [0.15, 0.2) is 0 Å². The van der Waals surface area contributed by atoms with Gasteiger partial charge in [0.1, 0.15) is 5.75 Å². The van der Waals surface area contributed by atoms with Crippen molar-refractivity contribution in [1.29, 1.82) is 0 Å². The average molecular weight is 312 g/mol. The molecule has 0 radical (unpaired) electrons. The van der Waals surface area contributed by atoms with Crippen LogP contribution in [0.3, 0.4) is 0 Å². The van der Waals surface area contributed by atoms with Crippen LogP contribution in [0.25, 0.3) is 0 Å². The standard InChI is InChI=1S/C15H22BrNO/c1-10(2)12-9-15(18-3)13(8-14(12)16)11-4-6-17-7-5-11/h8-11,17H,4-7H2,1-3H3. The van der Waals surface area contributed by atoms with Gasteiger partial charge in [-0.25, -0.2) is 0 Å². The second kappa shape index (κ2) is 6.07. The molecule has 0 amide bonds. The lowest BCUT2D eigenvalue weighted by molar-refractivity contribution is 0.390. The highest BCUT2D eigenvalue weighted by molar-refractivity contribution is 9.10. The largest absolute Gasteiger partial charge is 0.496 e. The first-order valence-electron chi connectivity index (χ1n) is 6.71. The molecule has 1 saturated heterocycles. The SMILES string of the molecule is COc1cc(C(C)C)c(Br)cc1C1CCNCC1. The van der Waals surface area contributed by atoms with E-state index in [1.807, 2.05) is 0 Å². The van der Waals surface area contributed by atoms with Crippen LogP contribution < -0.4 is 10.1 Å². The van der Waals surface area contributed by atoms with Crippen LogP contribution >= 0.6 is 15.9 Å². The molecule has 1 fully saturated rings. The second-order valence-corrected chi connectivity index (χ2v) is 6.15. The van der Waals surface area contributed by atoms with Gasteiger partial charge in [0, 0.05) is 4.47 Å². The zero-order chi connectivity index (χ0) is 13.1. The van der Waals surface area contributed by atoms with Crippen LogP contribution in [0.5, 0.6) is 5.75 Å². The van der Waals surface area contributed by atoms with Gasteiger partial charge in [-0.1, -0.05) is 29.8 Å². The Morgan fingerprint density at radius 3 is 2.50 bits per heavy atom. The van der Waals surface area contributed by atoms with E-state index in [1.165, 1.54) is 28.4 Å². The first kappa shape index (κ1) is 13.9. The summed E-state index contributed by atoms with van der Waals surface area (Å²) in [4.78, 5) is 0. The van der Waals surface area contributed by atoms with Crippen molar-refractivity contribution in [3.63, 3.8) is 0 Å². The Morgan fingerprint density at radius 1 is 1.28 bits per heavy atom. The number of piperidine rings is 1. The van der Waals surface area contributed by atoms with Crippen molar-refractivity contribution in [2.45, 2.75) is 38.5 Å². The molecule has 1 heterocycles. The number of hydrogen-bond acceptors (Lipinski definition) is 2. The molecule has 0 saturated carbocycles. The Bertz CT molecular complexity index is 411. The van der Waals surface area contributed by atoms with E-state index in [1.54, 1.807) is 7.11 Å². The molecule has 0 atom stereocenters. The van der Waals surface area contributed by atoms with E-state index in [9.17, 15) is 0 Å². The van der Waals surface area contributed by atoms with E-state index in [2.05, 4.69) is 47.2 Å². The molecule has 1 aliphatic rings. The molecule has 2 nitrogen and oxygen atoms in total. The highest BCUT2D eigenvalue weighted by Gasteiger charge is 2.21. The van der Waals surface area contributed by atoms with Gasteiger partial charge in [-0.2, -0.15) is 0 Å². The number of rotatable bonds is 3. The van der Waals surface area contributed by atoms with Crippen molar-refractivity contribution in [2.75, 3.05) is 20.2 Å². The summed E-state index contributed by atoms with van der Waals surface area (Å²) in [7, 11) is 1.78. The maximum atomic E-state index is 5.60. The summed E-state index contributed by atoms with van der Waals surface area (Å²) in [5.74, 6) is 2.18. The van der Waals surface area contributed by atoms with Crippen LogP contribution in [0.2, 0.25) is 0 Å². The van der Waals surface area contributed by atoms with Crippen molar-refractivity contribution in [3.05, 3.63) is 27.7 Å². The Kier molecular flexibility index (Phi) is 4.68. The fourth-order valence-corrected chi connectivity index (χ4v) is 3.47. The number of methoxy groups -OCH3 is 1. The zero-order valence-electron chi connectivity index (χ0n) is 11.4. The third-order valence-electron chi connectivity index (χ3n) is 3.75. The van der Waals surface area contributed by atoms with E-state index in [-0.39, 0.29) is 0 Å². The van der Waals surface area contributed by atoms with Gasteiger partial charge in [-0.3, -0.25) is 0 Å². The lowest BCUT2D eigenvalue weighted by Gasteiger charge is -2.25. The molecular weight excluding hydrogens is 290 g/mol. The minimum Gasteiger partial charge on any atom is -0.496 e. The number of ether oxygens (including phenoxy) is 1. The van der Waals surface area contributed by atoms with Crippen molar-refractivity contribution in [2.24, 2.45) is 0 Å². The van der Waals surface area contributed by atoms with Gasteiger partial charge >= 0.3 is 0 Å². The van der Waals surface area contributed by atoms with Gasteiger partial charge in [0.2, 0.25) is 0 Å². The normalized spacial score (nSPS) is 17.2. The molecule has 3 heteroatoms. The van der Waals surface area contributed by atoms with Crippen LogP contribution in [0.4, 0.5) is 0 Å². The van der Waals surface area contributed by atoms with Gasteiger partial charge in [0.05, 0.1) is 7.11 Å². The molecule has 0 bridgehead atoms. The quantitative estimate of drug-likeness (QED) is 0.909. The minimum absolute atomic E-state index is 0.510. The van der Waals surface area contributed by atoms with E-state index in [0.717, 1.165) is 18.8 Å². The highest BCUT2D eigenvalue weighted by Crippen LogP contribution is 2.38. The van der Waals surface area contributed by atoms with Gasteiger partial charge in [-0.05, 0) is 61.0 Å². The van der Waals surface area contributed by atoms with Crippen LogP contribution in [0.1, 0.15) is 49.7 Å². The summed E-state index contributed by atoms with van der Waals surface area (Å²) in [5.41, 5.74) is 2.68. The first-order chi connectivity index (χ1) is 8.63. The topological polar surface area (TPSA) is 21.3 Å². The average Bonchev–Trinajstić information content (AvgIpc) is 2.39. The van der Waals surface area contributed by atoms with Gasteiger partial charge in [0.25, 0.3) is 0 Å². The fourth-order valence-electron chi connectivity index (χ4n) is 2.66. The Balaban J connectivity index is 2.37. The predicted molar refractivity (Wildman–Crippen MR) is 79.6 cm³/mol. The molecule has 0 spiro atoms. The molecule has 0 unspecified atom stereocenters. The summed E-state index contributed by atoms with van der Waals surface area (Å²) in [6, 6.07) is 4.47. The molecule has 1 aliphatic heterocycles. The lowest BCUT2D eigenvalue weighted by atomic mass is 9.88. The van der Waals surface area contributed by atoms with E-state index in [4.69, 9.17) is 4.74 Å². The summed E-state index contributed by atoms with van der Waals surface area (Å²) in [5, 5.41) is 3.41.